The molecule has 42 heavy (non-hydrogen) atoms. The van der Waals surface area contributed by atoms with Crippen LogP contribution in [0.4, 0.5) is 4.39 Å². The maximum absolute atomic E-state index is 13.8. The molecule has 224 valence electrons. The van der Waals surface area contributed by atoms with Crippen LogP contribution in [0.25, 0.3) is 0 Å². The summed E-state index contributed by atoms with van der Waals surface area (Å²) in [6.07, 6.45) is 2.54. The van der Waals surface area contributed by atoms with Crippen LogP contribution in [-0.2, 0) is 43.7 Å². The second kappa shape index (κ2) is 15.0. The summed E-state index contributed by atoms with van der Waals surface area (Å²) in [5.41, 5.74) is 2.40. The van der Waals surface area contributed by atoms with Crippen molar-refractivity contribution in [3.63, 3.8) is 0 Å². The average Bonchev–Trinajstić information content (AvgIpc) is 3.52. The Labute approximate surface area is 247 Å². The molecule has 10 heteroatoms. The molecule has 4 rings (SSSR count). The van der Waals surface area contributed by atoms with Crippen molar-refractivity contribution < 1.29 is 27.1 Å². The number of halogens is 1. The number of ether oxygens (including phenoxy) is 1. The number of benzene rings is 3. The fraction of sp³-hybridized carbons (Fsp3) is 0.375. The van der Waals surface area contributed by atoms with Crippen LogP contribution in [0.15, 0.2) is 83.8 Å². The number of sulfonamides is 1. The Hall–Kier alpha value is -3.60. The molecule has 1 aliphatic heterocycles. The van der Waals surface area contributed by atoms with E-state index in [-0.39, 0.29) is 48.1 Å². The van der Waals surface area contributed by atoms with Crippen molar-refractivity contribution in [3.8, 4) is 0 Å². The van der Waals surface area contributed by atoms with Gasteiger partial charge in [-0.25, -0.2) is 17.5 Å². The number of rotatable bonds is 14. The molecule has 2 amide bonds. The van der Waals surface area contributed by atoms with Gasteiger partial charge in [-0.3, -0.25) is 9.59 Å². The first kappa shape index (κ1) is 31.3. The maximum atomic E-state index is 13.8. The van der Waals surface area contributed by atoms with Crippen molar-refractivity contribution in [2.75, 3.05) is 19.7 Å². The Morgan fingerprint density at radius 2 is 1.67 bits per heavy atom. The third kappa shape index (κ3) is 8.95. The van der Waals surface area contributed by atoms with E-state index < -0.39 is 16.1 Å². The molecule has 1 fully saturated rings. The summed E-state index contributed by atoms with van der Waals surface area (Å²) in [5.74, 6) is -0.897. The second-order valence-corrected chi connectivity index (χ2v) is 12.1. The minimum absolute atomic E-state index is 0.0492. The van der Waals surface area contributed by atoms with Crippen molar-refractivity contribution in [1.29, 1.82) is 0 Å². The third-order valence-corrected chi connectivity index (χ3v) is 8.82. The van der Waals surface area contributed by atoms with Gasteiger partial charge in [0.1, 0.15) is 11.9 Å². The fourth-order valence-electron chi connectivity index (χ4n) is 4.98. The fourth-order valence-corrected chi connectivity index (χ4v) is 6.02. The lowest BCUT2D eigenvalue weighted by atomic mass is 10.0. The molecule has 8 nitrogen and oxygen atoms in total. The Bertz CT molecular complexity index is 1410. The van der Waals surface area contributed by atoms with Gasteiger partial charge >= 0.3 is 0 Å². The number of hydrogen-bond acceptors (Lipinski definition) is 5. The molecule has 0 radical (unpaired) electrons. The monoisotopic (exact) mass is 595 g/mol. The predicted molar refractivity (Wildman–Crippen MR) is 158 cm³/mol. The largest absolute Gasteiger partial charge is 0.376 e. The maximum Gasteiger partial charge on any atom is 0.243 e. The SMILES string of the molecule is CCNS(=O)(=O)c1ccc(CCC(=O)N(Cc2ccc(F)cc2)C(Cc2ccccc2)C(=O)NCC2CCCO2)cc1. The molecule has 3 aromatic carbocycles. The Morgan fingerprint density at radius 1 is 0.976 bits per heavy atom. The molecule has 0 spiro atoms. The Balaban J connectivity index is 1.55. The minimum atomic E-state index is -3.58. The summed E-state index contributed by atoms with van der Waals surface area (Å²) >= 11 is 0. The normalized spacial score (nSPS) is 15.7. The first-order valence-electron chi connectivity index (χ1n) is 14.3. The quantitative estimate of drug-likeness (QED) is 0.293. The smallest absolute Gasteiger partial charge is 0.243 e. The van der Waals surface area contributed by atoms with E-state index in [0.29, 0.717) is 31.6 Å². The van der Waals surface area contributed by atoms with E-state index in [2.05, 4.69) is 10.0 Å². The van der Waals surface area contributed by atoms with Crippen molar-refractivity contribution in [2.24, 2.45) is 0 Å². The lowest BCUT2D eigenvalue weighted by molar-refractivity contribution is -0.141. The van der Waals surface area contributed by atoms with Gasteiger partial charge in [0, 0.05) is 39.1 Å². The molecule has 2 N–H and O–H groups in total. The van der Waals surface area contributed by atoms with Gasteiger partial charge in [0.15, 0.2) is 0 Å². The third-order valence-electron chi connectivity index (χ3n) is 7.26. The van der Waals surface area contributed by atoms with Gasteiger partial charge in [0.05, 0.1) is 11.0 Å². The molecule has 1 saturated heterocycles. The van der Waals surface area contributed by atoms with E-state index in [1.165, 1.54) is 24.3 Å². The highest BCUT2D eigenvalue weighted by Crippen LogP contribution is 2.19. The Morgan fingerprint density at radius 3 is 2.31 bits per heavy atom. The zero-order valence-electron chi connectivity index (χ0n) is 23.8. The molecule has 0 aromatic heterocycles. The topological polar surface area (TPSA) is 105 Å². The highest BCUT2D eigenvalue weighted by molar-refractivity contribution is 7.89. The first-order chi connectivity index (χ1) is 20.2. The van der Waals surface area contributed by atoms with E-state index in [0.717, 1.165) is 24.0 Å². The van der Waals surface area contributed by atoms with Crippen LogP contribution in [0.5, 0.6) is 0 Å². The number of amides is 2. The van der Waals surface area contributed by atoms with Crippen LogP contribution in [0.2, 0.25) is 0 Å². The molecule has 1 aliphatic rings. The molecule has 2 unspecified atom stereocenters. The molecule has 3 aromatic rings. The highest BCUT2D eigenvalue weighted by atomic mass is 32.2. The van der Waals surface area contributed by atoms with Crippen LogP contribution in [0.3, 0.4) is 0 Å². The van der Waals surface area contributed by atoms with Gasteiger partial charge in [-0.1, -0.05) is 61.5 Å². The minimum Gasteiger partial charge on any atom is -0.376 e. The van der Waals surface area contributed by atoms with Gasteiger partial charge in [-0.2, -0.15) is 0 Å². The zero-order valence-corrected chi connectivity index (χ0v) is 24.6. The molecular weight excluding hydrogens is 557 g/mol. The van der Waals surface area contributed by atoms with E-state index in [4.69, 9.17) is 4.74 Å². The van der Waals surface area contributed by atoms with Gasteiger partial charge < -0.3 is 15.0 Å². The van der Waals surface area contributed by atoms with Crippen molar-refractivity contribution in [2.45, 2.75) is 62.6 Å². The molecular formula is C32H38FN3O5S. The molecule has 0 bridgehead atoms. The van der Waals surface area contributed by atoms with Crippen molar-refractivity contribution >= 4 is 21.8 Å². The first-order valence-corrected chi connectivity index (χ1v) is 15.8. The number of hydrogen-bond donors (Lipinski definition) is 2. The van der Waals surface area contributed by atoms with Crippen LogP contribution < -0.4 is 10.0 Å². The lowest BCUT2D eigenvalue weighted by Gasteiger charge is -2.32. The predicted octanol–water partition coefficient (Wildman–Crippen LogP) is 3.99. The molecule has 2 atom stereocenters. The summed E-state index contributed by atoms with van der Waals surface area (Å²) in [6.45, 7) is 3.16. The summed E-state index contributed by atoms with van der Waals surface area (Å²) < 4.78 is 46.4. The number of carbonyl (C=O) groups excluding carboxylic acids is 2. The van der Waals surface area contributed by atoms with Crippen molar-refractivity contribution in [3.05, 3.63) is 101 Å². The summed E-state index contributed by atoms with van der Waals surface area (Å²) in [4.78, 5) is 29.2. The van der Waals surface area contributed by atoms with Crippen LogP contribution >= 0.6 is 0 Å². The number of carbonyl (C=O) groups is 2. The average molecular weight is 596 g/mol. The number of nitrogens with one attached hydrogen (secondary N) is 2. The standard InChI is InChI=1S/C32H38FN3O5S/c1-2-35-42(39,40)29-17-12-24(13-18-29)14-19-31(37)36(23-26-10-15-27(33)16-11-26)30(21-25-7-4-3-5-8-25)32(38)34-22-28-9-6-20-41-28/h3-5,7-8,10-13,15-18,28,30,35H,2,6,9,14,19-23H2,1H3,(H,34,38). The van der Waals surface area contributed by atoms with Gasteiger partial charge in [-0.15, -0.1) is 0 Å². The van der Waals surface area contributed by atoms with E-state index in [9.17, 15) is 22.4 Å². The Kier molecular flexibility index (Phi) is 11.2. The number of nitrogens with zero attached hydrogens (tertiary/aromatic N) is 1. The lowest BCUT2D eigenvalue weighted by Crippen LogP contribution is -2.51. The van der Waals surface area contributed by atoms with Crippen LogP contribution in [-0.4, -0.2) is 57.0 Å². The highest BCUT2D eigenvalue weighted by Gasteiger charge is 2.31. The number of aryl methyl sites for hydroxylation is 1. The summed E-state index contributed by atoms with van der Waals surface area (Å²) in [5, 5.41) is 3.00. The van der Waals surface area contributed by atoms with Gasteiger partial charge in [-0.05, 0) is 60.2 Å². The van der Waals surface area contributed by atoms with Crippen LogP contribution in [0, 0.1) is 5.82 Å². The van der Waals surface area contributed by atoms with Crippen molar-refractivity contribution in [1.82, 2.24) is 14.9 Å². The zero-order chi connectivity index (χ0) is 30.0. The summed E-state index contributed by atoms with van der Waals surface area (Å²) in [7, 11) is -3.58. The molecule has 0 aliphatic carbocycles. The van der Waals surface area contributed by atoms with Crippen LogP contribution in [0.1, 0.15) is 42.9 Å². The van der Waals surface area contributed by atoms with E-state index >= 15 is 0 Å². The van der Waals surface area contributed by atoms with E-state index in [1.807, 2.05) is 30.3 Å². The molecule has 0 saturated carbocycles. The summed E-state index contributed by atoms with van der Waals surface area (Å²) in [6, 6.07) is 21.0. The molecule has 1 heterocycles. The van der Waals surface area contributed by atoms with E-state index in [1.54, 1.807) is 36.1 Å². The van der Waals surface area contributed by atoms with Gasteiger partial charge in [0.2, 0.25) is 21.8 Å². The van der Waals surface area contributed by atoms with Gasteiger partial charge in [0.25, 0.3) is 0 Å². The second-order valence-electron chi connectivity index (χ2n) is 10.4.